The molecule has 0 radical (unpaired) electrons. The van der Waals surface area contributed by atoms with Gasteiger partial charge in [-0.25, -0.2) is 0 Å². The molecule has 4 heteroatoms. The van der Waals surface area contributed by atoms with Gasteiger partial charge in [0.15, 0.2) is 11.5 Å². The average Bonchev–Trinajstić information content (AvgIpc) is 2.74. The monoisotopic (exact) mass is 418 g/mol. The fourth-order valence-electron chi connectivity index (χ4n) is 3.59. The predicted molar refractivity (Wildman–Crippen MR) is 123 cm³/mol. The molecule has 0 amide bonds. The SMILES string of the molecule is CCCCCCCCC(=O)Oc1ccccc1OC(=O)CCCCCC(CC)CC. The summed E-state index contributed by atoms with van der Waals surface area (Å²) in [5.74, 6) is 0.925. The van der Waals surface area contributed by atoms with Crippen LogP contribution in [-0.2, 0) is 9.59 Å². The fourth-order valence-corrected chi connectivity index (χ4v) is 3.59. The van der Waals surface area contributed by atoms with Crippen molar-refractivity contribution in [2.24, 2.45) is 5.92 Å². The Morgan fingerprint density at radius 2 is 1.17 bits per heavy atom. The van der Waals surface area contributed by atoms with Gasteiger partial charge >= 0.3 is 11.9 Å². The van der Waals surface area contributed by atoms with E-state index in [4.69, 9.17) is 9.47 Å². The van der Waals surface area contributed by atoms with Gasteiger partial charge in [0.1, 0.15) is 0 Å². The van der Waals surface area contributed by atoms with E-state index in [9.17, 15) is 9.59 Å². The Morgan fingerprint density at radius 1 is 0.700 bits per heavy atom. The number of benzene rings is 1. The fraction of sp³-hybridized carbons (Fsp3) is 0.692. The zero-order chi connectivity index (χ0) is 22.0. The summed E-state index contributed by atoms with van der Waals surface area (Å²) in [6, 6.07) is 6.92. The normalized spacial score (nSPS) is 10.9. The molecule has 0 saturated heterocycles. The number of hydrogen-bond donors (Lipinski definition) is 0. The lowest BCUT2D eigenvalue weighted by atomic mass is 9.96. The van der Waals surface area contributed by atoms with Gasteiger partial charge in [0.25, 0.3) is 0 Å². The molecule has 1 aromatic carbocycles. The van der Waals surface area contributed by atoms with Gasteiger partial charge in [-0.3, -0.25) is 9.59 Å². The minimum atomic E-state index is -0.268. The van der Waals surface area contributed by atoms with E-state index in [1.54, 1.807) is 24.3 Å². The van der Waals surface area contributed by atoms with Crippen LogP contribution in [0, 0.1) is 5.92 Å². The third-order valence-electron chi connectivity index (χ3n) is 5.68. The Hall–Kier alpha value is -1.84. The first-order valence-electron chi connectivity index (χ1n) is 12.1. The molecule has 0 spiro atoms. The molecule has 0 saturated carbocycles. The predicted octanol–water partition coefficient (Wildman–Crippen LogP) is 7.63. The van der Waals surface area contributed by atoms with Crippen LogP contribution >= 0.6 is 0 Å². The van der Waals surface area contributed by atoms with E-state index in [1.165, 1.54) is 38.5 Å². The number of unbranched alkanes of at least 4 members (excludes halogenated alkanes) is 7. The van der Waals surface area contributed by atoms with Crippen LogP contribution in [0.3, 0.4) is 0 Å². The van der Waals surface area contributed by atoms with Gasteiger partial charge < -0.3 is 9.47 Å². The molecule has 0 unspecified atom stereocenters. The molecule has 0 fully saturated rings. The number of rotatable bonds is 17. The molecule has 0 N–H and O–H groups in total. The summed E-state index contributed by atoms with van der Waals surface area (Å²) < 4.78 is 10.9. The average molecular weight is 419 g/mol. The number of hydrogen-bond acceptors (Lipinski definition) is 4. The Balaban J connectivity index is 2.33. The molecular weight excluding hydrogens is 376 g/mol. The molecule has 1 aromatic rings. The zero-order valence-electron chi connectivity index (χ0n) is 19.4. The van der Waals surface area contributed by atoms with Crippen molar-refractivity contribution in [1.82, 2.24) is 0 Å². The number of para-hydroxylation sites is 2. The third kappa shape index (κ3) is 12.0. The van der Waals surface area contributed by atoms with Crippen LogP contribution in [0.1, 0.15) is 111 Å². The first-order valence-corrected chi connectivity index (χ1v) is 12.1. The number of carbonyl (C=O) groups is 2. The van der Waals surface area contributed by atoms with Gasteiger partial charge in [0, 0.05) is 12.8 Å². The molecule has 0 bridgehead atoms. The zero-order valence-corrected chi connectivity index (χ0v) is 19.4. The first kappa shape index (κ1) is 26.2. The maximum atomic E-state index is 12.2. The van der Waals surface area contributed by atoms with Crippen LogP contribution in [0.4, 0.5) is 0 Å². The van der Waals surface area contributed by atoms with Crippen molar-refractivity contribution in [3.63, 3.8) is 0 Å². The highest BCUT2D eigenvalue weighted by Gasteiger charge is 2.13. The van der Waals surface area contributed by atoms with E-state index >= 15 is 0 Å². The summed E-state index contributed by atoms with van der Waals surface area (Å²) in [4.78, 5) is 24.3. The van der Waals surface area contributed by atoms with Gasteiger partial charge in [-0.1, -0.05) is 97.1 Å². The Kier molecular flexibility index (Phi) is 14.8. The molecule has 0 heterocycles. The Labute approximate surface area is 183 Å². The van der Waals surface area contributed by atoms with Gasteiger partial charge in [0.2, 0.25) is 0 Å². The minimum absolute atomic E-state index is 0.267. The summed E-state index contributed by atoms with van der Waals surface area (Å²) in [6.07, 6.45) is 14.2. The lowest BCUT2D eigenvalue weighted by Crippen LogP contribution is -2.12. The lowest BCUT2D eigenvalue weighted by Gasteiger charge is -2.12. The summed E-state index contributed by atoms with van der Waals surface area (Å²) in [5.41, 5.74) is 0. The molecule has 0 aliphatic rings. The Morgan fingerprint density at radius 3 is 1.67 bits per heavy atom. The van der Waals surface area contributed by atoms with Crippen LogP contribution in [0.25, 0.3) is 0 Å². The second kappa shape index (κ2) is 16.9. The van der Waals surface area contributed by atoms with E-state index in [2.05, 4.69) is 20.8 Å². The summed E-state index contributed by atoms with van der Waals surface area (Å²) in [6.45, 7) is 6.67. The third-order valence-corrected chi connectivity index (χ3v) is 5.68. The van der Waals surface area contributed by atoms with Crippen LogP contribution in [0.5, 0.6) is 11.5 Å². The number of esters is 2. The van der Waals surface area contributed by atoms with Gasteiger partial charge in [0.05, 0.1) is 0 Å². The molecule has 170 valence electrons. The van der Waals surface area contributed by atoms with Crippen molar-refractivity contribution in [2.75, 3.05) is 0 Å². The standard InChI is InChI=1S/C26H42O4/c1-4-7-8-9-10-13-20-25(27)29-23-18-15-16-19-24(23)30-26(28)21-14-11-12-17-22(5-2)6-3/h15-16,18-19,22H,4-14,17,20-21H2,1-3H3. The molecule has 1 rings (SSSR count). The molecule has 4 nitrogen and oxygen atoms in total. The molecular formula is C26H42O4. The first-order chi connectivity index (χ1) is 14.6. The molecule has 0 aliphatic heterocycles. The topological polar surface area (TPSA) is 52.6 Å². The Bertz CT molecular complexity index is 592. The molecule has 0 atom stereocenters. The van der Waals surface area contributed by atoms with Gasteiger partial charge in [-0.15, -0.1) is 0 Å². The summed E-state index contributed by atoms with van der Waals surface area (Å²) in [7, 11) is 0. The van der Waals surface area contributed by atoms with Crippen molar-refractivity contribution in [3.05, 3.63) is 24.3 Å². The molecule has 0 aromatic heterocycles. The van der Waals surface area contributed by atoms with Crippen LogP contribution in [0.2, 0.25) is 0 Å². The highest BCUT2D eigenvalue weighted by Crippen LogP contribution is 2.28. The second-order valence-corrected chi connectivity index (χ2v) is 8.19. The van der Waals surface area contributed by atoms with E-state index in [0.717, 1.165) is 44.4 Å². The maximum Gasteiger partial charge on any atom is 0.311 e. The summed E-state index contributed by atoms with van der Waals surface area (Å²) in [5, 5.41) is 0. The maximum absolute atomic E-state index is 12.2. The lowest BCUT2D eigenvalue weighted by molar-refractivity contribution is -0.137. The van der Waals surface area contributed by atoms with E-state index in [-0.39, 0.29) is 11.9 Å². The highest BCUT2D eigenvalue weighted by atomic mass is 16.6. The second-order valence-electron chi connectivity index (χ2n) is 8.19. The quantitative estimate of drug-likeness (QED) is 0.148. The van der Waals surface area contributed by atoms with Crippen molar-refractivity contribution < 1.29 is 19.1 Å². The van der Waals surface area contributed by atoms with E-state index in [0.29, 0.717) is 24.3 Å². The van der Waals surface area contributed by atoms with Crippen LogP contribution in [-0.4, -0.2) is 11.9 Å². The number of carbonyl (C=O) groups excluding carboxylic acids is 2. The smallest absolute Gasteiger partial charge is 0.311 e. The van der Waals surface area contributed by atoms with Crippen LogP contribution in [0.15, 0.2) is 24.3 Å². The largest absolute Gasteiger partial charge is 0.423 e. The van der Waals surface area contributed by atoms with Crippen LogP contribution < -0.4 is 9.47 Å². The van der Waals surface area contributed by atoms with E-state index < -0.39 is 0 Å². The van der Waals surface area contributed by atoms with Gasteiger partial charge in [-0.2, -0.15) is 0 Å². The van der Waals surface area contributed by atoms with Crippen molar-refractivity contribution >= 4 is 11.9 Å². The number of ether oxygens (including phenoxy) is 2. The van der Waals surface area contributed by atoms with Crippen molar-refractivity contribution in [3.8, 4) is 11.5 Å². The summed E-state index contributed by atoms with van der Waals surface area (Å²) >= 11 is 0. The van der Waals surface area contributed by atoms with Crippen molar-refractivity contribution in [1.29, 1.82) is 0 Å². The molecule has 0 aliphatic carbocycles. The minimum Gasteiger partial charge on any atom is -0.423 e. The van der Waals surface area contributed by atoms with Crippen molar-refractivity contribution in [2.45, 2.75) is 111 Å². The molecule has 30 heavy (non-hydrogen) atoms. The van der Waals surface area contributed by atoms with E-state index in [1.807, 2.05) is 0 Å². The van der Waals surface area contributed by atoms with Gasteiger partial charge in [-0.05, 0) is 30.9 Å². The highest BCUT2D eigenvalue weighted by molar-refractivity contribution is 5.76.